The van der Waals surface area contributed by atoms with E-state index in [0.29, 0.717) is 17.8 Å². The van der Waals surface area contributed by atoms with Crippen LogP contribution in [0.5, 0.6) is 0 Å². The van der Waals surface area contributed by atoms with E-state index < -0.39 is 0 Å². The average Bonchev–Trinajstić information content (AvgIpc) is 2.25. The number of aromatic amines is 1. The molecule has 0 amide bonds. The number of nitrogens with one attached hydrogen (secondary N) is 2. The lowest BCUT2D eigenvalue weighted by molar-refractivity contribution is 0.276. The zero-order valence-electron chi connectivity index (χ0n) is 9.86. The van der Waals surface area contributed by atoms with Crippen molar-refractivity contribution in [3.8, 4) is 0 Å². The molecular formula is C12H19N3O. The van der Waals surface area contributed by atoms with Crippen molar-refractivity contribution in [3.05, 3.63) is 22.7 Å². The van der Waals surface area contributed by atoms with Gasteiger partial charge in [-0.05, 0) is 31.1 Å². The molecule has 3 unspecified atom stereocenters. The maximum Gasteiger partial charge on any atom is 0.290 e. The highest BCUT2D eigenvalue weighted by atomic mass is 16.1. The van der Waals surface area contributed by atoms with E-state index in [2.05, 4.69) is 29.1 Å². The SMILES string of the molecule is CC1CCC(Nc2ncc[nH]c2=O)C(C)C1. The number of anilines is 1. The Bertz CT molecular complexity index is 401. The fourth-order valence-corrected chi connectivity index (χ4v) is 2.51. The van der Waals surface area contributed by atoms with Crippen molar-refractivity contribution in [3.63, 3.8) is 0 Å². The number of H-pyrrole nitrogens is 1. The fourth-order valence-electron chi connectivity index (χ4n) is 2.51. The summed E-state index contributed by atoms with van der Waals surface area (Å²) in [6, 6.07) is 0.382. The lowest BCUT2D eigenvalue weighted by atomic mass is 9.80. The van der Waals surface area contributed by atoms with Gasteiger partial charge in [0.15, 0.2) is 5.82 Å². The summed E-state index contributed by atoms with van der Waals surface area (Å²) in [6.07, 6.45) is 6.74. The van der Waals surface area contributed by atoms with Crippen LogP contribution in [-0.4, -0.2) is 16.0 Å². The van der Waals surface area contributed by atoms with Gasteiger partial charge in [-0.2, -0.15) is 0 Å². The number of hydrogen-bond acceptors (Lipinski definition) is 3. The normalized spacial score (nSPS) is 30.0. The topological polar surface area (TPSA) is 57.8 Å². The first-order valence-corrected chi connectivity index (χ1v) is 5.97. The summed E-state index contributed by atoms with van der Waals surface area (Å²) in [6.45, 7) is 4.53. The Morgan fingerprint density at radius 1 is 1.44 bits per heavy atom. The second kappa shape index (κ2) is 4.68. The lowest BCUT2D eigenvalue weighted by Crippen LogP contribution is -2.35. The van der Waals surface area contributed by atoms with Gasteiger partial charge >= 0.3 is 0 Å². The molecule has 0 aromatic carbocycles. The smallest absolute Gasteiger partial charge is 0.290 e. The number of nitrogens with zero attached hydrogens (tertiary/aromatic N) is 1. The Morgan fingerprint density at radius 2 is 2.25 bits per heavy atom. The largest absolute Gasteiger partial charge is 0.362 e. The summed E-state index contributed by atoms with van der Waals surface area (Å²) < 4.78 is 0. The summed E-state index contributed by atoms with van der Waals surface area (Å²) in [7, 11) is 0. The molecule has 4 nitrogen and oxygen atoms in total. The molecule has 16 heavy (non-hydrogen) atoms. The highest BCUT2D eigenvalue weighted by Gasteiger charge is 2.25. The second-order valence-corrected chi connectivity index (χ2v) is 4.91. The van der Waals surface area contributed by atoms with Crippen molar-refractivity contribution < 1.29 is 0 Å². The van der Waals surface area contributed by atoms with E-state index in [9.17, 15) is 4.79 Å². The first kappa shape index (κ1) is 11.2. The van der Waals surface area contributed by atoms with Crippen molar-refractivity contribution in [2.75, 3.05) is 5.32 Å². The predicted molar refractivity (Wildman–Crippen MR) is 64.4 cm³/mol. The molecule has 2 rings (SSSR count). The van der Waals surface area contributed by atoms with E-state index in [1.165, 1.54) is 12.8 Å². The van der Waals surface area contributed by atoms with Crippen LogP contribution in [-0.2, 0) is 0 Å². The molecule has 0 radical (unpaired) electrons. The number of aromatic nitrogens is 2. The van der Waals surface area contributed by atoms with E-state index >= 15 is 0 Å². The van der Waals surface area contributed by atoms with Gasteiger partial charge in [-0.15, -0.1) is 0 Å². The molecule has 1 aliphatic carbocycles. The molecule has 0 bridgehead atoms. The van der Waals surface area contributed by atoms with Gasteiger partial charge in [0, 0.05) is 18.4 Å². The second-order valence-electron chi connectivity index (χ2n) is 4.91. The van der Waals surface area contributed by atoms with Crippen LogP contribution in [0.15, 0.2) is 17.2 Å². The monoisotopic (exact) mass is 221 g/mol. The summed E-state index contributed by atoms with van der Waals surface area (Å²) in [5.74, 6) is 1.86. The molecule has 0 spiro atoms. The van der Waals surface area contributed by atoms with Gasteiger partial charge in [0.1, 0.15) is 0 Å². The Labute approximate surface area is 95.5 Å². The molecule has 0 aliphatic heterocycles. The van der Waals surface area contributed by atoms with E-state index in [4.69, 9.17) is 0 Å². The Morgan fingerprint density at radius 3 is 2.94 bits per heavy atom. The van der Waals surface area contributed by atoms with Crippen LogP contribution < -0.4 is 10.9 Å². The molecule has 88 valence electrons. The van der Waals surface area contributed by atoms with Gasteiger partial charge in [0.05, 0.1) is 0 Å². The van der Waals surface area contributed by atoms with Crippen molar-refractivity contribution in [2.45, 2.75) is 39.2 Å². The molecule has 2 N–H and O–H groups in total. The third-order valence-corrected chi connectivity index (χ3v) is 3.46. The summed E-state index contributed by atoms with van der Waals surface area (Å²) >= 11 is 0. The molecule has 1 fully saturated rings. The van der Waals surface area contributed by atoms with Crippen molar-refractivity contribution in [1.29, 1.82) is 0 Å². The van der Waals surface area contributed by atoms with Crippen LogP contribution >= 0.6 is 0 Å². The van der Waals surface area contributed by atoms with Crippen LogP contribution in [0.1, 0.15) is 33.1 Å². The maximum absolute atomic E-state index is 11.5. The van der Waals surface area contributed by atoms with Crippen molar-refractivity contribution >= 4 is 5.82 Å². The molecule has 4 heteroatoms. The van der Waals surface area contributed by atoms with Crippen LogP contribution in [0.4, 0.5) is 5.82 Å². The van der Waals surface area contributed by atoms with Gasteiger partial charge in [-0.25, -0.2) is 4.98 Å². The summed E-state index contributed by atoms with van der Waals surface area (Å²) in [4.78, 5) is 18.2. The summed E-state index contributed by atoms with van der Waals surface area (Å²) in [5, 5.41) is 3.26. The molecule has 1 saturated carbocycles. The zero-order valence-corrected chi connectivity index (χ0v) is 9.86. The molecule has 0 saturated heterocycles. The highest BCUT2D eigenvalue weighted by molar-refractivity contribution is 5.32. The third kappa shape index (κ3) is 2.43. The van der Waals surface area contributed by atoms with Crippen molar-refractivity contribution in [1.82, 2.24) is 9.97 Å². The minimum absolute atomic E-state index is 0.131. The van der Waals surface area contributed by atoms with Crippen LogP contribution in [0.25, 0.3) is 0 Å². The summed E-state index contributed by atoms with van der Waals surface area (Å²) in [5.41, 5.74) is -0.131. The third-order valence-electron chi connectivity index (χ3n) is 3.46. The van der Waals surface area contributed by atoms with Gasteiger partial charge < -0.3 is 10.3 Å². The Balaban J connectivity index is 2.05. The molecular weight excluding hydrogens is 202 g/mol. The first-order valence-electron chi connectivity index (χ1n) is 5.97. The molecule has 1 aromatic heterocycles. The average molecular weight is 221 g/mol. The molecule has 1 aromatic rings. The predicted octanol–water partition coefficient (Wildman–Crippen LogP) is 2.01. The van der Waals surface area contributed by atoms with Gasteiger partial charge in [-0.1, -0.05) is 13.8 Å². The Kier molecular flexibility index (Phi) is 3.27. The number of rotatable bonds is 2. The van der Waals surface area contributed by atoms with Crippen LogP contribution in [0.2, 0.25) is 0 Å². The van der Waals surface area contributed by atoms with E-state index in [0.717, 1.165) is 12.3 Å². The fraction of sp³-hybridized carbons (Fsp3) is 0.667. The van der Waals surface area contributed by atoms with Crippen LogP contribution in [0.3, 0.4) is 0 Å². The van der Waals surface area contributed by atoms with E-state index in [1.807, 2.05) is 0 Å². The molecule has 1 aliphatic rings. The van der Waals surface area contributed by atoms with Gasteiger partial charge in [0.2, 0.25) is 0 Å². The molecule has 3 atom stereocenters. The van der Waals surface area contributed by atoms with Crippen LogP contribution in [0, 0.1) is 11.8 Å². The molecule has 1 heterocycles. The standard InChI is InChI=1S/C12H19N3O/c1-8-3-4-10(9(2)7-8)15-11-12(16)14-6-5-13-11/h5-6,8-10H,3-4,7H2,1-2H3,(H,13,15)(H,14,16). The lowest BCUT2D eigenvalue weighted by Gasteiger charge is -2.33. The van der Waals surface area contributed by atoms with Gasteiger partial charge in [-0.3, -0.25) is 4.79 Å². The quantitative estimate of drug-likeness (QED) is 0.803. The van der Waals surface area contributed by atoms with Gasteiger partial charge in [0.25, 0.3) is 5.56 Å². The highest BCUT2D eigenvalue weighted by Crippen LogP contribution is 2.29. The number of hydrogen-bond donors (Lipinski definition) is 2. The Hall–Kier alpha value is -1.32. The minimum Gasteiger partial charge on any atom is -0.362 e. The first-order chi connectivity index (χ1) is 7.66. The van der Waals surface area contributed by atoms with E-state index in [-0.39, 0.29) is 5.56 Å². The maximum atomic E-state index is 11.5. The minimum atomic E-state index is -0.131. The zero-order chi connectivity index (χ0) is 11.5. The van der Waals surface area contributed by atoms with Crippen molar-refractivity contribution in [2.24, 2.45) is 11.8 Å². The van der Waals surface area contributed by atoms with E-state index in [1.54, 1.807) is 12.4 Å².